The molecule has 1 N–H and O–H groups in total. The molecule has 14 heteroatoms. The van der Waals surface area contributed by atoms with Crippen LogP contribution in [0, 0.1) is 5.92 Å². The van der Waals surface area contributed by atoms with E-state index in [1.807, 2.05) is 0 Å². The van der Waals surface area contributed by atoms with Crippen LogP contribution >= 0.6 is 57.7 Å². The molecule has 9 nitrogen and oxygen atoms in total. The third-order valence-electron chi connectivity index (χ3n) is 7.49. The van der Waals surface area contributed by atoms with Gasteiger partial charge in [-0.25, -0.2) is 9.59 Å². The molecule has 1 aromatic heterocycles. The summed E-state index contributed by atoms with van der Waals surface area (Å²) >= 11 is 26.1. The van der Waals surface area contributed by atoms with Crippen molar-refractivity contribution in [2.75, 3.05) is 19.0 Å². The van der Waals surface area contributed by atoms with E-state index in [-0.39, 0.29) is 43.2 Å². The van der Waals surface area contributed by atoms with Crippen LogP contribution in [0.5, 0.6) is 0 Å². The molecule has 0 saturated heterocycles. The molecule has 2 aliphatic rings. The Kier molecular flexibility index (Phi) is 9.58. The number of ether oxygens (including phenoxy) is 2. The minimum absolute atomic E-state index is 0.133. The lowest BCUT2D eigenvalue weighted by molar-refractivity contribution is -0.151. The van der Waals surface area contributed by atoms with Gasteiger partial charge in [-0.15, -0.1) is 11.3 Å². The normalized spacial score (nSPS) is 16.3. The Morgan fingerprint density at radius 3 is 2.20 bits per heavy atom. The maximum atomic E-state index is 13.5. The van der Waals surface area contributed by atoms with E-state index in [1.54, 1.807) is 30.3 Å². The zero-order valence-electron chi connectivity index (χ0n) is 23.3. The van der Waals surface area contributed by atoms with Crippen molar-refractivity contribution < 1.29 is 33.4 Å². The number of anilines is 1. The van der Waals surface area contributed by atoms with Crippen LogP contribution in [0.15, 0.2) is 30.3 Å². The molecule has 5 rings (SSSR count). The Bertz CT molecular complexity index is 1660. The van der Waals surface area contributed by atoms with Crippen molar-refractivity contribution >= 4 is 92.4 Å². The van der Waals surface area contributed by atoms with Gasteiger partial charge in [-0.05, 0) is 36.3 Å². The third kappa shape index (κ3) is 5.93. The van der Waals surface area contributed by atoms with Gasteiger partial charge in [-0.1, -0.05) is 83.7 Å². The van der Waals surface area contributed by atoms with Gasteiger partial charge in [0, 0.05) is 11.3 Å². The number of halogens is 4. The second kappa shape index (κ2) is 13.1. The number of nitrogens with one attached hydrogen (secondary N) is 1. The number of fused-ring (bicyclic) bond motifs is 2. The lowest BCUT2D eigenvalue weighted by Crippen LogP contribution is -2.47. The lowest BCUT2D eigenvalue weighted by Gasteiger charge is -2.24. The molecule has 230 valence electrons. The van der Waals surface area contributed by atoms with Gasteiger partial charge in [0.15, 0.2) is 6.61 Å². The second-order valence-corrected chi connectivity index (χ2v) is 13.0. The lowest BCUT2D eigenvalue weighted by atomic mass is 9.88. The van der Waals surface area contributed by atoms with Crippen molar-refractivity contribution in [1.29, 1.82) is 0 Å². The quantitative estimate of drug-likeness (QED) is 0.121. The average Bonchev–Trinajstić information content (AvgIpc) is 3.49. The minimum atomic E-state index is -1.50. The third-order valence-corrected chi connectivity index (χ3v) is 10.5. The van der Waals surface area contributed by atoms with Gasteiger partial charge in [-0.3, -0.25) is 19.3 Å². The molecule has 1 aliphatic heterocycles. The van der Waals surface area contributed by atoms with Gasteiger partial charge >= 0.3 is 11.9 Å². The minimum Gasteiger partial charge on any atom is -0.465 e. The van der Waals surface area contributed by atoms with Crippen molar-refractivity contribution in [3.63, 3.8) is 0 Å². The first-order valence-electron chi connectivity index (χ1n) is 13.4. The van der Waals surface area contributed by atoms with Crippen LogP contribution < -0.4 is 5.32 Å². The molecule has 1 aliphatic carbocycles. The molecule has 3 amide bonds. The molecule has 2 atom stereocenters. The van der Waals surface area contributed by atoms with E-state index in [2.05, 4.69) is 12.2 Å². The number of methoxy groups -OCH3 is 1. The maximum Gasteiger partial charge on any atom is 0.341 e. The standard InChI is InChI=1S/C30H24Cl4N2O7S/c1-13-8-9-15-17(10-13)44-26(19(15)30(41)42-2)35-18(37)12-43-29(40)16(11-14-6-4-3-5-7-14)36-27(38)20-21(28(36)39)23(32)25(34)24(33)22(20)31/h3-7,13,16H,8-12H2,1-2H3,(H,35,37)/t13-,16-/m1/s1. The van der Waals surface area contributed by atoms with Crippen LogP contribution in [0.1, 0.15) is 60.4 Å². The summed E-state index contributed by atoms with van der Waals surface area (Å²) in [6, 6.07) is 7.11. The fourth-order valence-electron chi connectivity index (χ4n) is 5.32. The SMILES string of the molecule is COC(=O)c1c(NC(=O)COC(=O)[C@@H](Cc2ccccc2)N2C(=O)c3c(Cl)c(Cl)c(Cl)c(Cl)c3C2=O)sc2c1CC[C@@H](C)C2. The Hall–Kier alpha value is -3.15. The summed E-state index contributed by atoms with van der Waals surface area (Å²) in [4.78, 5) is 67.8. The van der Waals surface area contributed by atoms with Gasteiger partial charge in [0.25, 0.3) is 17.7 Å². The van der Waals surface area contributed by atoms with Crippen LogP contribution in [0.25, 0.3) is 0 Å². The summed E-state index contributed by atoms with van der Waals surface area (Å²) in [5.74, 6) is -3.74. The average molecular weight is 698 g/mol. The number of amides is 3. The molecule has 0 unspecified atom stereocenters. The summed E-state index contributed by atoms with van der Waals surface area (Å²) in [6.07, 6.45) is 2.20. The molecule has 0 fully saturated rings. The highest BCUT2D eigenvalue weighted by Crippen LogP contribution is 2.45. The summed E-state index contributed by atoms with van der Waals surface area (Å²) in [7, 11) is 1.26. The van der Waals surface area contributed by atoms with E-state index in [0.29, 0.717) is 27.8 Å². The van der Waals surface area contributed by atoms with Gasteiger partial charge in [0.2, 0.25) is 0 Å². The van der Waals surface area contributed by atoms with Crippen molar-refractivity contribution in [3.05, 3.63) is 83.1 Å². The Morgan fingerprint density at radius 2 is 1.61 bits per heavy atom. The van der Waals surface area contributed by atoms with E-state index in [9.17, 15) is 24.0 Å². The van der Waals surface area contributed by atoms with Crippen molar-refractivity contribution in [2.24, 2.45) is 5.92 Å². The molecule has 2 aromatic carbocycles. The molecule has 2 heterocycles. The number of esters is 2. The molecule has 0 saturated carbocycles. The smallest absolute Gasteiger partial charge is 0.341 e. The first-order chi connectivity index (χ1) is 20.9. The predicted molar refractivity (Wildman–Crippen MR) is 167 cm³/mol. The first-order valence-corrected chi connectivity index (χ1v) is 15.7. The highest BCUT2D eigenvalue weighted by atomic mass is 35.5. The van der Waals surface area contributed by atoms with E-state index >= 15 is 0 Å². The Labute approximate surface area is 276 Å². The van der Waals surface area contributed by atoms with Gasteiger partial charge in [0.1, 0.15) is 11.0 Å². The molecule has 44 heavy (non-hydrogen) atoms. The topological polar surface area (TPSA) is 119 Å². The number of hydrogen-bond acceptors (Lipinski definition) is 8. The van der Waals surface area contributed by atoms with Crippen LogP contribution in [0.2, 0.25) is 20.1 Å². The predicted octanol–water partition coefficient (Wildman–Crippen LogP) is 6.66. The van der Waals surface area contributed by atoms with E-state index in [1.165, 1.54) is 18.4 Å². The number of thiophene rings is 1. The van der Waals surface area contributed by atoms with E-state index in [0.717, 1.165) is 23.3 Å². The zero-order valence-corrected chi connectivity index (χ0v) is 27.1. The summed E-state index contributed by atoms with van der Waals surface area (Å²) in [6.45, 7) is 1.36. The van der Waals surface area contributed by atoms with Crippen LogP contribution in [0.4, 0.5) is 5.00 Å². The number of imide groups is 1. The number of carbonyl (C=O) groups excluding carboxylic acids is 5. The van der Waals surface area contributed by atoms with Crippen LogP contribution in [-0.4, -0.2) is 54.3 Å². The molecule has 0 radical (unpaired) electrons. The Balaban J connectivity index is 1.39. The highest BCUT2D eigenvalue weighted by molar-refractivity contribution is 7.17. The number of rotatable bonds is 8. The largest absolute Gasteiger partial charge is 0.465 e. The zero-order chi connectivity index (χ0) is 31.9. The fraction of sp³-hybridized carbons (Fsp3) is 0.300. The summed E-state index contributed by atoms with van der Waals surface area (Å²) < 4.78 is 10.3. The fourth-order valence-corrected chi connectivity index (χ4v) is 7.75. The summed E-state index contributed by atoms with van der Waals surface area (Å²) in [5, 5.41) is 1.98. The van der Waals surface area contributed by atoms with E-state index in [4.69, 9.17) is 55.9 Å². The highest BCUT2D eigenvalue weighted by Gasteiger charge is 2.47. The number of nitrogens with zero attached hydrogens (tertiary/aromatic N) is 1. The van der Waals surface area contributed by atoms with Crippen LogP contribution in [0.3, 0.4) is 0 Å². The molecule has 0 bridgehead atoms. The van der Waals surface area contributed by atoms with Crippen LogP contribution in [-0.2, 0) is 38.3 Å². The number of carbonyl (C=O) groups is 5. The number of benzene rings is 2. The van der Waals surface area contributed by atoms with Gasteiger partial charge in [0.05, 0.1) is 43.9 Å². The monoisotopic (exact) mass is 696 g/mol. The van der Waals surface area contributed by atoms with Gasteiger partial charge < -0.3 is 14.8 Å². The summed E-state index contributed by atoms with van der Waals surface area (Å²) in [5.41, 5.74) is 1.17. The Morgan fingerprint density at radius 1 is 1.00 bits per heavy atom. The number of hydrogen-bond donors (Lipinski definition) is 1. The maximum absolute atomic E-state index is 13.5. The van der Waals surface area contributed by atoms with Gasteiger partial charge in [-0.2, -0.15) is 0 Å². The van der Waals surface area contributed by atoms with Crippen molar-refractivity contribution in [3.8, 4) is 0 Å². The first kappa shape index (κ1) is 32.2. The second-order valence-electron chi connectivity index (χ2n) is 10.4. The molecule has 3 aromatic rings. The van der Waals surface area contributed by atoms with E-state index < -0.39 is 42.3 Å². The van der Waals surface area contributed by atoms with Crippen molar-refractivity contribution in [1.82, 2.24) is 4.90 Å². The molecular weight excluding hydrogens is 674 g/mol. The molecule has 0 spiro atoms. The molecular formula is C30H24Cl4N2O7S. The van der Waals surface area contributed by atoms with Crippen molar-refractivity contribution in [2.45, 2.75) is 38.6 Å².